The van der Waals surface area contributed by atoms with Crippen LogP contribution >= 0.6 is 11.3 Å². The van der Waals surface area contributed by atoms with Crippen molar-refractivity contribution >= 4 is 17.2 Å². The SMILES string of the molecule is [2H]C([2H])([2H])OCC1(N(C(=O)c2nn(-c3ccsc3)c3c2COc2cc(OC)c(CC(C)C)cc2-3)C([2H])([2H])[2H])COC1. The maximum Gasteiger partial charge on any atom is 0.275 e. The largest absolute Gasteiger partial charge is 0.496 e. The van der Waals surface area contributed by atoms with Crippen molar-refractivity contribution in [3.63, 3.8) is 0 Å². The molecular weight excluding hydrogens is 466 g/mol. The molecule has 186 valence electrons. The molecule has 9 heteroatoms. The third-order valence-corrected chi connectivity index (χ3v) is 7.01. The summed E-state index contributed by atoms with van der Waals surface area (Å²) in [5, 5.41) is 8.42. The normalized spacial score (nSPS) is 19.0. The molecule has 8 nitrogen and oxygen atoms in total. The van der Waals surface area contributed by atoms with E-state index in [-0.39, 0.29) is 25.5 Å². The first-order valence-electron chi connectivity index (χ1n) is 14.3. The quantitative estimate of drug-likeness (QED) is 0.459. The van der Waals surface area contributed by atoms with Crippen LogP contribution in [0.15, 0.2) is 29.0 Å². The summed E-state index contributed by atoms with van der Waals surface area (Å²) in [6, 6.07) is 5.65. The molecule has 0 radical (unpaired) electrons. The molecule has 2 aliphatic heterocycles. The Morgan fingerprint density at radius 1 is 1.40 bits per heavy atom. The molecule has 0 bridgehead atoms. The van der Waals surface area contributed by atoms with E-state index in [1.54, 1.807) is 11.8 Å². The highest BCUT2D eigenvalue weighted by atomic mass is 32.1. The predicted molar refractivity (Wildman–Crippen MR) is 134 cm³/mol. The highest BCUT2D eigenvalue weighted by Crippen LogP contribution is 2.44. The number of carbonyl (C=O) groups excluding carboxylic acids is 1. The fourth-order valence-electron chi connectivity index (χ4n) is 4.52. The van der Waals surface area contributed by atoms with Crippen molar-refractivity contribution in [2.75, 3.05) is 40.9 Å². The number of thiophene rings is 1. The lowest BCUT2D eigenvalue weighted by atomic mass is 9.94. The molecule has 35 heavy (non-hydrogen) atoms. The number of amides is 1. The molecule has 3 aromatic rings. The molecule has 0 spiro atoms. The third-order valence-electron chi connectivity index (χ3n) is 6.33. The van der Waals surface area contributed by atoms with Gasteiger partial charge in [0.15, 0.2) is 5.69 Å². The number of fused-ring (bicyclic) bond motifs is 3. The zero-order valence-electron chi connectivity index (χ0n) is 25.8. The number of benzene rings is 1. The van der Waals surface area contributed by atoms with Gasteiger partial charge in [0.05, 0.1) is 42.4 Å². The molecular formula is C26H31N3O5S. The van der Waals surface area contributed by atoms with Crippen molar-refractivity contribution in [3.8, 4) is 28.4 Å². The maximum atomic E-state index is 14.2. The first kappa shape index (κ1) is 17.5. The van der Waals surface area contributed by atoms with Gasteiger partial charge in [-0.15, -0.1) is 0 Å². The lowest BCUT2D eigenvalue weighted by Gasteiger charge is -2.47. The number of rotatable bonds is 8. The highest BCUT2D eigenvalue weighted by molar-refractivity contribution is 7.08. The van der Waals surface area contributed by atoms with Gasteiger partial charge in [0.2, 0.25) is 0 Å². The van der Waals surface area contributed by atoms with Gasteiger partial charge >= 0.3 is 0 Å². The molecule has 1 aromatic carbocycles. The molecule has 0 N–H and O–H groups in total. The summed E-state index contributed by atoms with van der Waals surface area (Å²) in [5.74, 6) is 0.694. The smallest absolute Gasteiger partial charge is 0.275 e. The van der Waals surface area contributed by atoms with E-state index in [9.17, 15) is 4.79 Å². The van der Waals surface area contributed by atoms with Crippen LogP contribution in [0.3, 0.4) is 0 Å². The van der Waals surface area contributed by atoms with Crippen LogP contribution in [-0.2, 0) is 22.5 Å². The number of hydrogen-bond donors (Lipinski definition) is 0. The Hall–Kier alpha value is -2.88. The second kappa shape index (κ2) is 9.29. The molecule has 4 heterocycles. The van der Waals surface area contributed by atoms with Crippen molar-refractivity contribution in [2.45, 2.75) is 32.4 Å². The number of ether oxygens (including phenoxy) is 4. The fourth-order valence-corrected chi connectivity index (χ4v) is 5.13. The van der Waals surface area contributed by atoms with Crippen LogP contribution in [-0.4, -0.2) is 67.1 Å². The fraction of sp³-hybridized carbons (Fsp3) is 0.462. The summed E-state index contributed by atoms with van der Waals surface area (Å²) < 4.78 is 70.7. The topological polar surface area (TPSA) is 75.1 Å². The average molecular weight is 504 g/mol. The summed E-state index contributed by atoms with van der Waals surface area (Å²) in [6.45, 7) is 0.294. The molecule has 1 fully saturated rings. The van der Waals surface area contributed by atoms with Crippen LogP contribution in [0.25, 0.3) is 16.9 Å². The van der Waals surface area contributed by atoms with Crippen molar-refractivity contribution in [1.29, 1.82) is 0 Å². The third kappa shape index (κ3) is 4.01. The van der Waals surface area contributed by atoms with Crippen LogP contribution in [0.2, 0.25) is 0 Å². The monoisotopic (exact) mass is 503 g/mol. The lowest BCUT2D eigenvalue weighted by molar-refractivity contribution is -0.144. The van der Waals surface area contributed by atoms with Gasteiger partial charge in [-0.1, -0.05) is 13.8 Å². The van der Waals surface area contributed by atoms with Gasteiger partial charge in [-0.2, -0.15) is 16.4 Å². The van der Waals surface area contributed by atoms with Gasteiger partial charge in [0.1, 0.15) is 23.6 Å². The number of likely N-dealkylation sites (N-methyl/N-ethyl adjacent to an activating group) is 1. The standard InChI is InChI=1S/C26H31N3O5S/c1-16(2)8-17-9-19-22(10-21(17)32-5)34-11-20-23(27-29(24(19)20)18-6-7-35-12-18)25(30)28(3)26(13-31-4)14-33-15-26/h6-7,9-10,12,16H,8,11,13-15H2,1-5H3/i3D3,4D3. The van der Waals surface area contributed by atoms with Crippen LogP contribution in [0, 0.1) is 5.92 Å². The number of methoxy groups -OCH3 is 2. The molecule has 1 saturated heterocycles. The Morgan fingerprint density at radius 3 is 2.89 bits per heavy atom. The highest BCUT2D eigenvalue weighted by Gasteiger charge is 2.46. The summed E-state index contributed by atoms with van der Waals surface area (Å²) in [5.41, 5.74) is 1.79. The Labute approximate surface area is 217 Å². The minimum atomic E-state index is -2.94. The number of carbonyl (C=O) groups is 1. The van der Waals surface area contributed by atoms with E-state index in [0.29, 0.717) is 44.8 Å². The molecule has 2 aromatic heterocycles. The van der Waals surface area contributed by atoms with Gasteiger partial charge in [-0.25, -0.2) is 4.68 Å². The summed E-state index contributed by atoms with van der Waals surface area (Å²) in [4.78, 5) is 14.9. The van der Waals surface area contributed by atoms with E-state index >= 15 is 0 Å². The maximum absolute atomic E-state index is 14.2. The lowest BCUT2D eigenvalue weighted by Crippen LogP contribution is -2.65. The van der Waals surface area contributed by atoms with E-state index in [1.807, 2.05) is 29.0 Å². The van der Waals surface area contributed by atoms with E-state index in [4.69, 9.17) is 27.2 Å². The van der Waals surface area contributed by atoms with Gasteiger partial charge < -0.3 is 23.8 Å². The molecule has 0 unspecified atom stereocenters. The first-order valence-corrected chi connectivity index (χ1v) is 12.2. The average Bonchev–Trinajstić information content (AvgIpc) is 3.51. The van der Waals surface area contributed by atoms with E-state index in [1.165, 1.54) is 11.3 Å². The van der Waals surface area contributed by atoms with Crippen molar-refractivity contribution in [3.05, 3.63) is 45.8 Å². The zero-order valence-corrected chi connectivity index (χ0v) is 20.6. The zero-order chi connectivity index (χ0) is 29.7. The van der Waals surface area contributed by atoms with E-state index in [0.717, 1.165) is 12.0 Å². The number of hydrogen-bond acceptors (Lipinski definition) is 7. The molecule has 2 aliphatic rings. The molecule has 1 amide bonds. The van der Waals surface area contributed by atoms with Gasteiger partial charge in [-0.05, 0) is 35.4 Å². The minimum Gasteiger partial charge on any atom is -0.496 e. The Morgan fingerprint density at radius 2 is 2.26 bits per heavy atom. The Balaban J connectivity index is 1.66. The molecule has 0 saturated carbocycles. The second-order valence-electron chi connectivity index (χ2n) is 9.26. The van der Waals surface area contributed by atoms with Crippen molar-refractivity contribution in [2.24, 2.45) is 5.92 Å². The summed E-state index contributed by atoms with van der Waals surface area (Å²) in [6.07, 6.45) is 0.739. The minimum absolute atomic E-state index is 0.0374. The van der Waals surface area contributed by atoms with E-state index < -0.39 is 32.1 Å². The van der Waals surface area contributed by atoms with Gasteiger partial charge in [0.25, 0.3) is 5.91 Å². The van der Waals surface area contributed by atoms with Crippen LogP contribution in [0.1, 0.15) is 43.7 Å². The van der Waals surface area contributed by atoms with Crippen molar-refractivity contribution in [1.82, 2.24) is 14.7 Å². The molecule has 5 rings (SSSR count). The van der Waals surface area contributed by atoms with Crippen molar-refractivity contribution < 1.29 is 32.0 Å². The Bertz CT molecular complexity index is 1430. The Kier molecular flexibility index (Phi) is 4.66. The molecule has 0 atom stereocenters. The first-order chi connectivity index (χ1) is 19.2. The van der Waals surface area contributed by atoms with E-state index in [2.05, 4.69) is 18.9 Å². The predicted octanol–water partition coefficient (Wildman–Crippen LogP) is 4.19. The molecule has 0 aliphatic carbocycles. The number of nitrogens with zero attached hydrogens (tertiary/aromatic N) is 3. The van der Waals surface area contributed by atoms with Crippen LogP contribution < -0.4 is 9.47 Å². The van der Waals surface area contributed by atoms with Gasteiger partial charge in [-0.3, -0.25) is 4.79 Å². The summed E-state index contributed by atoms with van der Waals surface area (Å²) in [7, 11) is -1.18. The van der Waals surface area contributed by atoms with Crippen LogP contribution in [0.4, 0.5) is 0 Å². The van der Waals surface area contributed by atoms with Gasteiger partial charge in [0, 0.05) is 40.7 Å². The van der Waals surface area contributed by atoms with Crippen LogP contribution in [0.5, 0.6) is 11.5 Å². The summed E-state index contributed by atoms with van der Waals surface area (Å²) >= 11 is 1.45. The second-order valence-corrected chi connectivity index (χ2v) is 10.0. The number of aromatic nitrogens is 2.